The van der Waals surface area contributed by atoms with Crippen LogP contribution in [0.15, 0.2) is 45.8 Å². The van der Waals surface area contributed by atoms with Gasteiger partial charge < -0.3 is 5.73 Å². The monoisotopic (exact) mass is 413 g/mol. The zero-order valence-electron chi connectivity index (χ0n) is 12.3. The van der Waals surface area contributed by atoms with Crippen LogP contribution in [0.2, 0.25) is 0 Å². The Hall–Kier alpha value is -2.46. The van der Waals surface area contributed by atoms with E-state index in [4.69, 9.17) is 5.73 Å². The third kappa shape index (κ3) is 3.71. The number of carbonyl (C=O) groups is 1. The number of nitro groups is 1. The summed E-state index contributed by atoms with van der Waals surface area (Å²) in [5, 5.41) is 11.2. The number of benzene rings is 2. The molecule has 0 aliphatic carbocycles. The van der Waals surface area contributed by atoms with E-state index in [0.717, 1.165) is 11.6 Å². The van der Waals surface area contributed by atoms with Crippen LogP contribution in [0.1, 0.15) is 15.9 Å². The number of nitro benzene ring substituents is 1. The van der Waals surface area contributed by atoms with E-state index in [2.05, 4.69) is 20.7 Å². The summed E-state index contributed by atoms with van der Waals surface area (Å²) >= 11 is 3.03. The number of hydrogen-bond donors (Lipinski definition) is 2. The lowest BCUT2D eigenvalue weighted by Gasteiger charge is -2.11. The number of nitrogens with one attached hydrogen (secondary N) is 1. The van der Waals surface area contributed by atoms with Gasteiger partial charge in [0.2, 0.25) is 5.91 Å². The summed E-state index contributed by atoms with van der Waals surface area (Å²) in [6.07, 6.45) is 0. The summed E-state index contributed by atoms with van der Waals surface area (Å²) in [6, 6.07) is 8.11. The molecule has 0 saturated heterocycles. The van der Waals surface area contributed by atoms with E-state index in [9.17, 15) is 23.3 Å². The van der Waals surface area contributed by atoms with E-state index in [1.54, 1.807) is 19.1 Å². The van der Waals surface area contributed by atoms with Crippen molar-refractivity contribution in [2.24, 2.45) is 5.73 Å². The molecule has 0 bridgehead atoms. The third-order valence-corrected chi connectivity index (χ3v) is 5.11. The first-order valence-corrected chi connectivity index (χ1v) is 8.76. The fourth-order valence-electron chi connectivity index (χ4n) is 1.89. The number of halogens is 1. The number of sulfonamides is 1. The molecule has 0 atom stereocenters. The zero-order valence-corrected chi connectivity index (χ0v) is 14.7. The lowest BCUT2D eigenvalue weighted by molar-refractivity contribution is -0.384. The number of rotatable bonds is 5. The molecule has 0 aliphatic heterocycles. The van der Waals surface area contributed by atoms with Crippen molar-refractivity contribution in [1.29, 1.82) is 0 Å². The number of aryl methyl sites for hydroxylation is 1. The van der Waals surface area contributed by atoms with Gasteiger partial charge in [0.25, 0.3) is 15.7 Å². The van der Waals surface area contributed by atoms with E-state index in [1.165, 1.54) is 18.2 Å². The highest BCUT2D eigenvalue weighted by Crippen LogP contribution is 2.35. The molecular weight excluding hydrogens is 402 g/mol. The summed E-state index contributed by atoms with van der Waals surface area (Å²) in [7, 11) is -4.04. The lowest BCUT2D eigenvalue weighted by Crippen LogP contribution is -2.16. The van der Waals surface area contributed by atoms with Gasteiger partial charge in [-0.2, -0.15) is 0 Å². The molecule has 126 valence electrons. The molecule has 3 N–H and O–H groups in total. The minimum absolute atomic E-state index is 0.0289. The highest BCUT2D eigenvalue weighted by molar-refractivity contribution is 9.10. The van der Waals surface area contributed by atoms with Crippen LogP contribution in [0.3, 0.4) is 0 Å². The molecule has 0 radical (unpaired) electrons. The first kappa shape index (κ1) is 17.9. The minimum atomic E-state index is -4.04. The number of anilines is 1. The van der Waals surface area contributed by atoms with Crippen molar-refractivity contribution >= 4 is 43.2 Å². The van der Waals surface area contributed by atoms with Gasteiger partial charge >= 0.3 is 0 Å². The van der Waals surface area contributed by atoms with Gasteiger partial charge in [0, 0.05) is 16.1 Å². The van der Waals surface area contributed by atoms with Gasteiger partial charge in [-0.25, -0.2) is 8.42 Å². The van der Waals surface area contributed by atoms with Crippen LogP contribution < -0.4 is 10.5 Å². The summed E-state index contributed by atoms with van der Waals surface area (Å²) in [5.74, 6) is -0.869. The maximum atomic E-state index is 12.4. The Bertz CT molecular complexity index is 926. The Kier molecular flexibility index (Phi) is 4.90. The molecule has 2 aromatic carbocycles. The second-order valence-corrected chi connectivity index (χ2v) is 7.43. The second kappa shape index (κ2) is 6.57. The molecule has 2 aromatic rings. The maximum Gasteiger partial charge on any atom is 0.295 e. The maximum absolute atomic E-state index is 12.4. The van der Waals surface area contributed by atoms with E-state index in [1.807, 2.05) is 0 Å². The Labute approximate surface area is 146 Å². The first-order chi connectivity index (χ1) is 11.1. The van der Waals surface area contributed by atoms with Crippen molar-refractivity contribution in [1.82, 2.24) is 0 Å². The molecular formula is C14H12BrN3O5S. The average Bonchev–Trinajstić information content (AvgIpc) is 2.48. The average molecular weight is 414 g/mol. The SMILES string of the molecule is Cc1ccc(S(=O)(=O)Nc2c(Br)cc(C(N)=O)cc2[N+](=O)[O-])cc1. The Balaban J connectivity index is 2.54. The van der Waals surface area contributed by atoms with Gasteiger partial charge in [0.05, 0.1) is 9.82 Å². The quantitative estimate of drug-likeness (QED) is 0.573. The normalized spacial score (nSPS) is 11.1. The molecule has 1 amide bonds. The van der Waals surface area contributed by atoms with Crippen LogP contribution in [-0.4, -0.2) is 19.2 Å². The molecule has 0 fully saturated rings. The molecule has 0 saturated carbocycles. The van der Waals surface area contributed by atoms with Crippen LogP contribution in [0, 0.1) is 17.0 Å². The van der Waals surface area contributed by atoms with Crippen molar-refractivity contribution in [3.63, 3.8) is 0 Å². The molecule has 0 unspecified atom stereocenters. The molecule has 0 aromatic heterocycles. The van der Waals surface area contributed by atoms with Crippen LogP contribution in [-0.2, 0) is 10.0 Å². The highest BCUT2D eigenvalue weighted by Gasteiger charge is 2.25. The van der Waals surface area contributed by atoms with E-state index in [0.29, 0.717) is 0 Å². The molecule has 24 heavy (non-hydrogen) atoms. The first-order valence-electron chi connectivity index (χ1n) is 6.49. The summed E-state index contributed by atoms with van der Waals surface area (Å²) in [4.78, 5) is 21.6. The number of carbonyl (C=O) groups excluding carboxylic acids is 1. The van der Waals surface area contributed by atoms with Gasteiger partial charge in [-0.05, 0) is 41.1 Å². The van der Waals surface area contributed by atoms with Crippen molar-refractivity contribution < 1.29 is 18.1 Å². The van der Waals surface area contributed by atoms with Crippen LogP contribution in [0.5, 0.6) is 0 Å². The molecule has 0 heterocycles. The van der Waals surface area contributed by atoms with Crippen LogP contribution in [0.25, 0.3) is 0 Å². The van der Waals surface area contributed by atoms with Gasteiger partial charge in [0.1, 0.15) is 5.69 Å². The van der Waals surface area contributed by atoms with Gasteiger partial charge in [-0.3, -0.25) is 19.6 Å². The largest absolute Gasteiger partial charge is 0.366 e. The Morgan fingerprint density at radius 1 is 1.25 bits per heavy atom. The Morgan fingerprint density at radius 3 is 2.33 bits per heavy atom. The molecule has 8 nitrogen and oxygen atoms in total. The molecule has 0 spiro atoms. The number of primary amides is 1. The topological polar surface area (TPSA) is 132 Å². The van der Waals surface area contributed by atoms with Crippen molar-refractivity contribution in [3.8, 4) is 0 Å². The number of hydrogen-bond acceptors (Lipinski definition) is 5. The Morgan fingerprint density at radius 2 is 1.83 bits per heavy atom. The van der Waals surface area contributed by atoms with Gasteiger partial charge in [-0.1, -0.05) is 17.7 Å². The third-order valence-electron chi connectivity index (χ3n) is 3.12. The van der Waals surface area contributed by atoms with Crippen LogP contribution >= 0.6 is 15.9 Å². The smallest absolute Gasteiger partial charge is 0.295 e. The molecule has 2 rings (SSSR count). The predicted molar refractivity (Wildman–Crippen MR) is 91.3 cm³/mol. The molecule has 0 aliphatic rings. The van der Waals surface area contributed by atoms with E-state index >= 15 is 0 Å². The summed E-state index contributed by atoms with van der Waals surface area (Å²) < 4.78 is 27.0. The predicted octanol–water partition coefficient (Wildman–Crippen LogP) is 2.57. The lowest BCUT2D eigenvalue weighted by atomic mass is 10.1. The molecule has 10 heteroatoms. The second-order valence-electron chi connectivity index (χ2n) is 4.89. The fourth-order valence-corrected chi connectivity index (χ4v) is 3.67. The summed E-state index contributed by atoms with van der Waals surface area (Å²) in [5.41, 5.74) is 4.99. The van der Waals surface area contributed by atoms with Crippen molar-refractivity contribution in [3.05, 3.63) is 62.1 Å². The minimum Gasteiger partial charge on any atom is -0.366 e. The fraction of sp³-hybridized carbons (Fsp3) is 0.0714. The standard InChI is InChI=1S/C14H12BrN3O5S/c1-8-2-4-10(5-3-8)24(22,23)17-13-11(15)6-9(14(16)19)7-12(13)18(20)21/h2-7,17H,1H3,(H2,16,19). The number of amides is 1. The van der Waals surface area contributed by atoms with Crippen LogP contribution in [0.4, 0.5) is 11.4 Å². The summed E-state index contributed by atoms with van der Waals surface area (Å²) in [6.45, 7) is 1.80. The number of nitrogens with two attached hydrogens (primary N) is 1. The van der Waals surface area contributed by atoms with Crippen molar-refractivity contribution in [2.45, 2.75) is 11.8 Å². The van der Waals surface area contributed by atoms with E-state index < -0.39 is 26.5 Å². The van der Waals surface area contributed by atoms with Gasteiger partial charge in [-0.15, -0.1) is 0 Å². The highest BCUT2D eigenvalue weighted by atomic mass is 79.9. The van der Waals surface area contributed by atoms with E-state index in [-0.39, 0.29) is 20.6 Å². The van der Waals surface area contributed by atoms with Gasteiger partial charge in [0.15, 0.2) is 0 Å². The zero-order chi connectivity index (χ0) is 18.1. The van der Waals surface area contributed by atoms with Crippen molar-refractivity contribution in [2.75, 3.05) is 4.72 Å². The number of nitrogens with zero attached hydrogens (tertiary/aromatic N) is 1.